The molecule has 0 aliphatic carbocycles. The van der Waals surface area contributed by atoms with Gasteiger partial charge in [-0.25, -0.2) is 8.78 Å². The first-order valence-electron chi connectivity index (χ1n) is 7.73. The summed E-state index contributed by atoms with van der Waals surface area (Å²) < 4.78 is 32.5. The van der Waals surface area contributed by atoms with Gasteiger partial charge in [0.1, 0.15) is 17.7 Å². The monoisotopic (exact) mass is 347 g/mol. The smallest absolute Gasteiger partial charge is 0.254 e. The molecule has 2 atom stereocenters. The van der Waals surface area contributed by atoms with E-state index in [0.29, 0.717) is 5.56 Å². The number of rotatable bonds is 6. The molecule has 0 heterocycles. The molecule has 0 aliphatic rings. The summed E-state index contributed by atoms with van der Waals surface area (Å²) in [7, 11) is 1.47. The minimum atomic E-state index is -0.770. The highest BCUT2D eigenvalue weighted by atomic mass is 19.1. The van der Waals surface area contributed by atoms with Crippen molar-refractivity contribution in [3.8, 4) is 0 Å². The molecule has 0 aromatic heterocycles. The molecule has 132 valence electrons. The number of methoxy groups -OCH3 is 1. The summed E-state index contributed by atoms with van der Waals surface area (Å²) in [4.78, 5) is 23.6. The van der Waals surface area contributed by atoms with E-state index in [9.17, 15) is 18.4 Å². The molecule has 0 aliphatic heterocycles. The first-order chi connectivity index (χ1) is 11.8. The largest absolute Gasteiger partial charge is 0.375 e. The zero-order valence-electron chi connectivity index (χ0n) is 14.2. The highest BCUT2D eigenvalue weighted by molar-refractivity contribution is 5.98. The third-order valence-corrected chi connectivity index (χ3v) is 3.89. The summed E-state index contributed by atoms with van der Waals surface area (Å²) in [6, 6.07) is 8.95. The van der Waals surface area contributed by atoms with Crippen LogP contribution in [0.3, 0.4) is 0 Å². The number of nitrogens with one attached hydrogen (secondary N) is 1. The second-order valence-electron chi connectivity index (χ2n) is 5.72. The summed E-state index contributed by atoms with van der Waals surface area (Å²) in [5, 5.41) is 2.67. The number of ether oxygens (including phenoxy) is 1. The first-order valence-corrected chi connectivity index (χ1v) is 7.73. The van der Waals surface area contributed by atoms with Gasteiger partial charge in [0.05, 0.1) is 11.6 Å². The lowest BCUT2D eigenvalue weighted by molar-refractivity contribution is 0.0642. The highest BCUT2D eigenvalue weighted by Crippen LogP contribution is 2.21. The second kappa shape index (κ2) is 7.98. The van der Waals surface area contributed by atoms with Crippen LogP contribution in [0.15, 0.2) is 42.5 Å². The maximum atomic E-state index is 14.1. The summed E-state index contributed by atoms with van der Waals surface area (Å²) in [5.41, 5.74) is 0.720. The molecule has 4 nitrogen and oxygen atoms in total. The van der Waals surface area contributed by atoms with E-state index in [4.69, 9.17) is 4.74 Å². The van der Waals surface area contributed by atoms with Crippen LogP contribution >= 0.6 is 0 Å². The summed E-state index contributed by atoms with van der Waals surface area (Å²) in [5.74, 6) is -2.05. The summed E-state index contributed by atoms with van der Waals surface area (Å²) in [6.45, 7) is 3.03. The minimum Gasteiger partial charge on any atom is -0.375 e. The van der Waals surface area contributed by atoms with Gasteiger partial charge in [-0.15, -0.1) is 0 Å². The zero-order chi connectivity index (χ0) is 18.6. The number of hydrogen-bond donors (Lipinski definition) is 1. The maximum Gasteiger partial charge on any atom is 0.254 e. The van der Waals surface area contributed by atoms with Crippen LogP contribution in [0.4, 0.5) is 8.78 Å². The lowest BCUT2D eigenvalue weighted by atomic mass is 10.0. The molecule has 6 heteroatoms. The van der Waals surface area contributed by atoms with Gasteiger partial charge in [0.25, 0.3) is 5.91 Å². The highest BCUT2D eigenvalue weighted by Gasteiger charge is 2.23. The van der Waals surface area contributed by atoms with Crippen LogP contribution in [0.2, 0.25) is 0 Å². The van der Waals surface area contributed by atoms with E-state index in [2.05, 4.69) is 5.32 Å². The molecule has 2 rings (SSSR count). The van der Waals surface area contributed by atoms with E-state index < -0.39 is 23.9 Å². The number of carbonyl (C=O) groups is 2. The molecule has 1 amide bonds. The van der Waals surface area contributed by atoms with E-state index in [0.717, 1.165) is 6.07 Å². The third kappa shape index (κ3) is 4.48. The number of hydrogen-bond acceptors (Lipinski definition) is 3. The zero-order valence-corrected chi connectivity index (χ0v) is 14.2. The number of halogens is 2. The third-order valence-electron chi connectivity index (χ3n) is 3.89. The Morgan fingerprint density at radius 2 is 1.72 bits per heavy atom. The fourth-order valence-corrected chi connectivity index (χ4v) is 2.56. The normalized spacial score (nSPS) is 13.2. The van der Waals surface area contributed by atoms with E-state index in [-0.39, 0.29) is 22.7 Å². The Morgan fingerprint density at radius 3 is 2.24 bits per heavy atom. The van der Waals surface area contributed by atoms with Crippen molar-refractivity contribution in [2.75, 3.05) is 7.11 Å². The standard InChI is InChI=1S/C19H19F2NO3/c1-11(18(25-3)13-4-7-15(20)8-5-13)22-19(24)16-9-6-14(12(2)23)10-17(16)21/h4-11,18H,1-3H3,(H,22,24)/t11-,18+/m0/s1. The molecule has 2 aromatic carbocycles. The molecule has 0 bridgehead atoms. The Hall–Kier alpha value is -2.60. The van der Waals surface area contributed by atoms with Crippen molar-refractivity contribution in [2.24, 2.45) is 0 Å². The van der Waals surface area contributed by atoms with Gasteiger partial charge in [0.2, 0.25) is 0 Å². The Morgan fingerprint density at radius 1 is 1.08 bits per heavy atom. The molecular formula is C19H19F2NO3. The molecule has 1 N–H and O–H groups in total. The van der Waals surface area contributed by atoms with Crippen LogP contribution in [0.25, 0.3) is 0 Å². The topological polar surface area (TPSA) is 55.4 Å². The minimum absolute atomic E-state index is 0.161. The number of amides is 1. The molecule has 0 radical (unpaired) electrons. The van der Waals surface area contributed by atoms with E-state index in [1.807, 2.05) is 0 Å². The van der Waals surface area contributed by atoms with Crippen molar-refractivity contribution in [1.29, 1.82) is 0 Å². The molecule has 0 saturated heterocycles. The van der Waals surface area contributed by atoms with Crippen LogP contribution < -0.4 is 5.32 Å². The first kappa shape index (κ1) is 18.7. The van der Waals surface area contributed by atoms with Crippen LogP contribution in [0.1, 0.15) is 46.2 Å². The maximum absolute atomic E-state index is 14.1. The Balaban J connectivity index is 2.15. The van der Waals surface area contributed by atoms with Gasteiger partial charge in [-0.2, -0.15) is 0 Å². The number of benzene rings is 2. The van der Waals surface area contributed by atoms with Gasteiger partial charge < -0.3 is 10.1 Å². The fourth-order valence-electron chi connectivity index (χ4n) is 2.56. The van der Waals surface area contributed by atoms with Gasteiger partial charge >= 0.3 is 0 Å². The number of ketones is 1. The van der Waals surface area contributed by atoms with Crippen molar-refractivity contribution in [3.63, 3.8) is 0 Å². The van der Waals surface area contributed by atoms with Gasteiger partial charge in [0, 0.05) is 12.7 Å². The van der Waals surface area contributed by atoms with Crippen molar-refractivity contribution in [2.45, 2.75) is 26.0 Å². The van der Waals surface area contributed by atoms with E-state index in [1.165, 1.54) is 38.3 Å². The number of carbonyl (C=O) groups excluding carboxylic acids is 2. The van der Waals surface area contributed by atoms with Crippen molar-refractivity contribution < 1.29 is 23.1 Å². The Labute approximate surface area is 144 Å². The second-order valence-corrected chi connectivity index (χ2v) is 5.72. The van der Waals surface area contributed by atoms with Crippen LogP contribution in [0.5, 0.6) is 0 Å². The lowest BCUT2D eigenvalue weighted by Gasteiger charge is -2.24. The molecule has 0 spiro atoms. The Bertz CT molecular complexity index is 775. The van der Waals surface area contributed by atoms with Crippen LogP contribution in [0, 0.1) is 11.6 Å². The van der Waals surface area contributed by atoms with Crippen LogP contribution in [-0.4, -0.2) is 24.8 Å². The predicted molar refractivity (Wildman–Crippen MR) is 89.5 cm³/mol. The van der Waals surface area contributed by atoms with Crippen LogP contribution in [-0.2, 0) is 4.74 Å². The van der Waals surface area contributed by atoms with Gasteiger partial charge in [-0.1, -0.05) is 18.2 Å². The Kier molecular flexibility index (Phi) is 5.98. The SMILES string of the molecule is CO[C@@H](c1ccc(F)cc1)[C@H](C)NC(=O)c1ccc(C(C)=O)cc1F. The van der Waals surface area contributed by atoms with Gasteiger partial charge in [-0.3, -0.25) is 9.59 Å². The molecular weight excluding hydrogens is 328 g/mol. The van der Waals surface area contributed by atoms with E-state index in [1.54, 1.807) is 19.1 Å². The van der Waals surface area contributed by atoms with Crippen molar-refractivity contribution in [1.82, 2.24) is 5.32 Å². The predicted octanol–water partition coefficient (Wildman–Crippen LogP) is 3.67. The summed E-state index contributed by atoms with van der Waals surface area (Å²) >= 11 is 0. The fraction of sp³-hybridized carbons (Fsp3) is 0.263. The molecule has 25 heavy (non-hydrogen) atoms. The quantitative estimate of drug-likeness (QED) is 0.811. The number of Topliss-reactive ketones (excluding diaryl/α,β-unsaturated/α-hetero) is 1. The molecule has 2 aromatic rings. The average Bonchev–Trinajstić information content (AvgIpc) is 2.56. The average molecular weight is 347 g/mol. The van der Waals surface area contributed by atoms with Crippen molar-refractivity contribution >= 4 is 11.7 Å². The van der Waals surface area contributed by atoms with Crippen molar-refractivity contribution in [3.05, 3.63) is 70.8 Å². The van der Waals surface area contributed by atoms with Gasteiger partial charge in [-0.05, 0) is 43.7 Å². The molecule has 0 fully saturated rings. The summed E-state index contributed by atoms with van der Waals surface area (Å²) in [6.07, 6.45) is -0.524. The van der Waals surface area contributed by atoms with E-state index >= 15 is 0 Å². The molecule has 0 saturated carbocycles. The molecule has 0 unspecified atom stereocenters. The van der Waals surface area contributed by atoms with Gasteiger partial charge in [0.15, 0.2) is 5.78 Å². The lowest BCUT2D eigenvalue weighted by Crippen LogP contribution is -2.38.